The zero-order chi connectivity index (χ0) is 20.8. The van der Waals surface area contributed by atoms with Crippen molar-refractivity contribution in [3.63, 3.8) is 0 Å². The molecule has 1 heterocycles. The molecule has 152 valence electrons. The Labute approximate surface area is 174 Å². The zero-order valence-electron chi connectivity index (χ0n) is 17.0. The number of aryl methyl sites for hydroxylation is 1. The van der Waals surface area contributed by atoms with Crippen LogP contribution in [0.5, 0.6) is 5.75 Å². The Morgan fingerprint density at radius 2 is 1.97 bits per heavy atom. The fraction of sp³-hybridized carbons (Fsp3) is 0.333. The lowest BCUT2D eigenvalue weighted by Gasteiger charge is -2.18. The minimum atomic E-state index is -0.515. The third kappa shape index (κ3) is 5.35. The first-order chi connectivity index (χ1) is 14.0. The highest BCUT2D eigenvalue weighted by Crippen LogP contribution is 2.36. The largest absolute Gasteiger partial charge is 0.495 e. The predicted molar refractivity (Wildman–Crippen MR) is 114 cm³/mol. The quantitative estimate of drug-likeness (QED) is 0.562. The van der Waals surface area contributed by atoms with Gasteiger partial charge in [-0.2, -0.15) is 0 Å². The van der Waals surface area contributed by atoms with Gasteiger partial charge >= 0.3 is 0 Å². The van der Waals surface area contributed by atoms with Crippen molar-refractivity contribution >= 4 is 23.4 Å². The van der Waals surface area contributed by atoms with Gasteiger partial charge in [0.05, 0.1) is 12.8 Å². The van der Waals surface area contributed by atoms with Crippen molar-refractivity contribution in [3.05, 3.63) is 59.7 Å². The molecule has 0 aliphatic heterocycles. The maximum Gasteiger partial charge on any atom is 0.242 e. The molecule has 0 aliphatic rings. The summed E-state index contributed by atoms with van der Waals surface area (Å²) in [6, 6.07) is 15.3. The van der Waals surface area contributed by atoms with Gasteiger partial charge in [-0.05, 0) is 46.5 Å². The van der Waals surface area contributed by atoms with E-state index in [1.165, 1.54) is 11.8 Å². The Morgan fingerprint density at radius 1 is 1.21 bits per heavy atom. The smallest absolute Gasteiger partial charge is 0.242 e. The molecule has 0 saturated heterocycles. The van der Waals surface area contributed by atoms with Crippen molar-refractivity contribution in [2.45, 2.75) is 37.7 Å². The lowest BCUT2D eigenvalue weighted by atomic mass is 10.1. The number of rotatable bonds is 8. The van der Waals surface area contributed by atoms with Gasteiger partial charge in [0, 0.05) is 6.54 Å². The summed E-state index contributed by atoms with van der Waals surface area (Å²) in [5.41, 5.74) is 2.55. The molecule has 7 nitrogen and oxygen atoms in total. The molecule has 29 heavy (non-hydrogen) atoms. The number of carbonyl (C=O) groups is 1. The molecule has 3 aromatic rings. The molecule has 0 bridgehead atoms. The summed E-state index contributed by atoms with van der Waals surface area (Å²) in [4.78, 5) is 13.3. The van der Waals surface area contributed by atoms with Crippen molar-refractivity contribution in [1.82, 2.24) is 20.2 Å². The van der Waals surface area contributed by atoms with Crippen molar-refractivity contribution in [2.24, 2.45) is 5.92 Å². The Morgan fingerprint density at radius 3 is 2.66 bits per heavy atom. The minimum absolute atomic E-state index is 0.163. The molecule has 0 aliphatic carbocycles. The summed E-state index contributed by atoms with van der Waals surface area (Å²) < 4.78 is 7.14. The molecule has 1 amide bonds. The van der Waals surface area contributed by atoms with Crippen LogP contribution in [0.15, 0.2) is 53.7 Å². The number of hydrogen-bond donors (Lipinski definition) is 1. The standard InChI is InChI=1S/C21H25N5O2S/c1-14(2)13-26-21(23-24-25-26)29-19(16-8-6-5-7-9-16)20(27)22-17-12-15(3)10-11-18(17)28-4/h5-12,14,19H,13H2,1-4H3,(H,22,27). The van der Waals surface area contributed by atoms with Crippen LogP contribution in [-0.4, -0.2) is 33.2 Å². The molecule has 1 atom stereocenters. The number of methoxy groups -OCH3 is 1. The van der Waals surface area contributed by atoms with E-state index < -0.39 is 5.25 Å². The van der Waals surface area contributed by atoms with Crippen LogP contribution in [0, 0.1) is 12.8 Å². The highest BCUT2D eigenvalue weighted by molar-refractivity contribution is 8.00. The van der Waals surface area contributed by atoms with E-state index in [-0.39, 0.29) is 5.91 Å². The number of thioether (sulfide) groups is 1. The van der Waals surface area contributed by atoms with Crippen LogP contribution < -0.4 is 10.1 Å². The number of aromatic nitrogens is 4. The maximum absolute atomic E-state index is 13.3. The third-order valence-corrected chi connectivity index (χ3v) is 5.44. The van der Waals surface area contributed by atoms with E-state index in [4.69, 9.17) is 4.74 Å². The lowest BCUT2D eigenvalue weighted by Crippen LogP contribution is -2.20. The summed E-state index contributed by atoms with van der Waals surface area (Å²) in [7, 11) is 1.59. The SMILES string of the molecule is COc1ccc(C)cc1NC(=O)C(Sc1nnnn1CC(C)C)c1ccccc1. The summed E-state index contributed by atoms with van der Waals surface area (Å²) in [6.07, 6.45) is 0. The van der Waals surface area contributed by atoms with Gasteiger partial charge in [0.2, 0.25) is 11.1 Å². The summed E-state index contributed by atoms with van der Waals surface area (Å²) in [5, 5.41) is 15.1. The van der Waals surface area contributed by atoms with E-state index in [0.29, 0.717) is 29.1 Å². The fourth-order valence-electron chi connectivity index (χ4n) is 2.87. The highest BCUT2D eigenvalue weighted by atomic mass is 32.2. The average Bonchev–Trinajstić information content (AvgIpc) is 3.13. The zero-order valence-corrected chi connectivity index (χ0v) is 17.8. The number of tetrazole rings is 1. The summed E-state index contributed by atoms with van der Waals surface area (Å²) >= 11 is 1.34. The van der Waals surface area contributed by atoms with E-state index in [1.807, 2.05) is 55.5 Å². The van der Waals surface area contributed by atoms with E-state index in [0.717, 1.165) is 11.1 Å². The molecule has 1 unspecified atom stereocenters. The normalized spacial score (nSPS) is 12.0. The Bertz CT molecular complexity index is 959. The number of benzene rings is 2. The molecule has 0 saturated carbocycles. The second kappa shape index (κ2) is 9.56. The molecular weight excluding hydrogens is 386 g/mol. The molecule has 2 aromatic carbocycles. The number of anilines is 1. The van der Waals surface area contributed by atoms with Gasteiger partial charge in [-0.3, -0.25) is 4.79 Å². The molecule has 0 spiro atoms. The second-order valence-corrected chi connectivity index (χ2v) is 8.21. The van der Waals surface area contributed by atoms with Crippen molar-refractivity contribution in [3.8, 4) is 5.75 Å². The first kappa shape index (κ1) is 20.9. The Kier molecular flexibility index (Phi) is 6.87. The first-order valence-electron chi connectivity index (χ1n) is 9.41. The highest BCUT2D eigenvalue weighted by Gasteiger charge is 2.26. The average molecular weight is 412 g/mol. The van der Waals surface area contributed by atoms with Crippen LogP contribution in [0.4, 0.5) is 5.69 Å². The van der Waals surface area contributed by atoms with Gasteiger partial charge in [-0.1, -0.05) is 62.0 Å². The van der Waals surface area contributed by atoms with Gasteiger partial charge < -0.3 is 10.1 Å². The molecule has 1 N–H and O–H groups in total. The molecule has 0 radical (unpaired) electrons. The number of nitrogens with one attached hydrogen (secondary N) is 1. The second-order valence-electron chi connectivity index (χ2n) is 7.14. The van der Waals surface area contributed by atoms with Crippen LogP contribution >= 0.6 is 11.8 Å². The van der Waals surface area contributed by atoms with Crippen LogP contribution in [0.3, 0.4) is 0 Å². The van der Waals surface area contributed by atoms with E-state index in [2.05, 4.69) is 34.7 Å². The van der Waals surface area contributed by atoms with Crippen molar-refractivity contribution in [1.29, 1.82) is 0 Å². The molecular formula is C21H25N5O2S. The van der Waals surface area contributed by atoms with Crippen molar-refractivity contribution in [2.75, 3.05) is 12.4 Å². The van der Waals surface area contributed by atoms with Gasteiger partial charge in [0.25, 0.3) is 0 Å². The van der Waals surface area contributed by atoms with E-state index in [1.54, 1.807) is 11.8 Å². The Balaban J connectivity index is 1.90. The van der Waals surface area contributed by atoms with Gasteiger partial charge in [-0.25, -0.2) is 4.68 Å². The number of hydrogen-bond acceptors (Lipinski definition) is 6. The topological polar surface area (TPSA) is 81.9 Å². The number of ether oxygens (including phenoxy) is 1. The molecule has 1 aromatic heterocycles. The first-order valence-corrected chi connectivity index (χ1v) is 10.3. The fourth-order valence-corrected chi connectivity index (χ4v) is 3.85. The van der Waals surface area contributed by atoms with Crippen molar-refractivity contribution < 1.29 is 9.53 Å². The Hall–Kier alpha value is -2.87. The monoisotopic (exact) mass is 411 g/mol. The van der Waals surface area contributed by atoms with Crippen LogP contribution in [-0.2, 0) is 11.3 Å². The van der Waals surface area contributed by atoms with E-state index in [9.17, 15) is 4.79 Å². The molecule has 0 fully saturated rings. The number of nitrogens with zero attached hydrogens (tertiary/aromatic N) is 4. The van der Waals surface area contributed by atoms with Crippen LogP contribution in [0.2, 0.25) is 0 Å². The number of carbonyl (C=O) groups excluding carboxylic acids is 1. The predicted octanol–water partition coefficient (Wildman–Crippen LogP) is 4.12. The van der Waals surface area contributed by atoms with Crippen LogP contribution in [0.1, 0.15) is 30.2 Å². The summed E-state index contributed by atoms with van der Waals surface area (Å²) in [5.74, 6) is 0.841. The van der Waals surface area contributed by atoms with Gasteiger partial charge in [-0.15, -0.1) is 5.10 Å². The van der Waals surface area contributed by atoms with E-state index >= 15 is 0 Å². The minimum Gasteiger partial charge on any atom is -0.495 e. The van der Waals surface area contributed by atoms with Crippen LogP contribution in [0.25, 0.3) is 0 Å². The lowest BCUT2D eigenvalue weighted by molar-refractivity contribution is -0.115. The maximum atomic E-state index is 13.3. The van der Waals surface area contributed by atoms with Gasteiger partial charge in [0.1, 0.15) is 11.0 Å². The third-order valence-electron chi connectivity index (χ3n) is 4.21. The molecule has 3 rings (SSSR count). The number of amides is 1. The molecule has 8 heteroatoms. The van der Waals surface area contributed by atoms with Gasteiger partial charge in [0.15, 0.2) is 0 Å². The summed E-state index contributed by atoms with van der Waals surface area (Å²) in [6.45, 7) is 6.85.